The van der Waals surface area contributed by atoms with Gasteiger partial charge in [-0.15, -0.1) is 0 Å². The Hall–Kier alpha value is -0.0400. The van der Waals surface area contributed by atoms with Gasteiger partial charge in [0.2, 0.25) is 0 Å². The summed E-state index contributed by atoms with van der Waals surface area (Å²) in [5, 5.41) is 11.2. The Balaban J connectivity index is 2.28. The lowest BCUT2D eigenvalue weighted by Crippen LogP contribution is -2.47. The smallest absolute Gasteiger partial charge is 0.0731 e. The molecule has 0 spiro atoms. The standard InChI is InChI=1S/C15H28O/c1-11(2)13-7-9-14(4)8-5-12(3)6-10-15(13,14)16/h11-13,16H,5-10H2,1-4H3/t12?,13-,14+,15+/m1/s1. The zero-order chi connectivity index (χ0) is 12.0. The first-order valence-electron chi connectivity index (χ1n) is 7.11. The van der Waals surface area contributed by atoms with Gasteiger partial charge in [-0.2, -0.15) is 0 Å². The van der Waals surface area contributed by atoms with E-state index in [-0.39, 0.29) is 11.0 Å². The lowest BCUT2D eigenvalue weighted by atomic mass is 9.67. The first-order valence-corrected chi connectivity index (χ1v) is 7.11. The molecule has 4 atom stereocenters. The fourth-order valence-corrected chi connectivity index (χ4v) is 4.27. The Morgan fingerprint density at radius 2 is 1.62 bits per heavy atom. The van der Waals surface area contributed by atoms with Gasteiger partial charge in [0.05, 0.1) is 5.60 Å². The van der Waals surface area contributed by atoms with Crippen molar-refractivity contribution < 1.29 is 5.11 Å². The molecule has 2 aliphatic carbocycles. The summed E-state index contributed by atoms with van der Waals surface area (Å²) in [7, 11) is 0. The molecule has 1 nitrogen and oxygen atoms in total. The monoisotopic (exact) mass is 224 g/mol. The second-order valence-electron chi connectivity index (χ2n) is 7.06. The Morgan fingerprint density at radius 1 is 1.06 bits per heavy atom. The molecule has 2 aliphatic rings. The van der Waals surface area contributed by atoms with E-state index in [1.54, 1.807) is 0 Å². The molecule has 1 unspecified atom stereocenters. The van der Waals surface area contributed by atoms with Gasteiger partial charge in [-0.25, -0.2) is 0 Å². The van der Waals surface area contributed by atoms with E-state index in [0.29, 0.717) is 11.8 Å². The molecule has 0 aromatic carbocycles. The second-order valence-corrected chi connectivity index (χ2v) is 7.06. The molecule has 0 aliphatic heterocycles. The summed E-state index contributed by atoms with van der Waals surface area (Å²) < 4.78 is 0. The minimum Gasteiger partial charge on any atom is -0.389 e. The molecule has 2 rings (SSSR count). The molecule has 0 aromatic rings. The lowest BCUT2D eigenvalue weighted by molar-refractivity contribution is -0.0995. The van der Waals surface area contributed by atoms with Crippen LogP contribution in [0.1, 0.15) is 66.2 Å². The average molecular weight is 224 g/mol. The topological polar surface area (TPSA) is 20.2 Å². The molecule has 1 heteroatoms. The molecule has 94 valence electrons. The molecule has 16 heavy (non-hydrogen) atoms. The van der Waals surface area contributed by atoms with Gasteiger partial charge in [0.25, 0.3) is 0 Å². The molecule has 0 amide bonds. The number of fused-ring (bicyclic) bond motifs is 1. The summed E-state index contributed by atoms with van der Waals surface area (Å²) in [6.45, 7) is 9.25. The molecule has 2 fully saturated rings. The van der Waals surface area contributed by atoms with Crippen LogP contribution in [0.15, 0.2) is 0 Å². The highest BCUT2D eigenvalue weighted by atomic mass is 16.3. The minimum atomic E-state index is -0.369. The van der Waals surface area contributed by atoms with Crippen molar-refractivity contribution in [2.75, 3.05) is 0 Å². The largest absolute Gasteiger partial charge is 0.389 e. The van der Waals surface area contributed by atoms with Crippen LogP contribution in [0.25, 0.3) is 0 Å². The van der Waals surface area contributed by atoms with E-state index >= 15 is 0 Å². The Kier molecular flexibility index (Phi) is 3.11. The Morgan fingerprint density at radius 3 is 2.25 bits per heavy atom. The van der Waals surface area contributed by atoms with Crippen LogP contribution in [-0.4, -0.2) is 10.7 Å². The molecule has 0 heterocycles. The summed E-state index contributed by atoms with van der Waals surface area (Å²) in [6, 6.07) is 0. The van der Waals surface area contributed by atoms with Crippen LogP contribution in [0.3, 0.4) is 0 Å². The maximum Gasteiger partial charge on any atom is 0.0731 e. The second kappa shape index (κ2) is 4.01. The van der Waals surface area contributed by atoms with Gasteiger partial charge in [-0.3, -0.25) is 0 Å². The van der Waals surface area contributed by atoms with Gasteiger partial charge in [0.1, 0.15) is 0 Å². The number of aliphatic hydroxyl groups is 1. The lowest BCUT2D eigenvalue weighted by Gasteiger charge is -2.43. The van der Waals surface area contributed by atoms with Crippen LogP contribution in [0.5, 0.6) is 0 Å². The molecule has 2 saturated carbocycles. The van der Waals surface area contributed by atoms with Crippen LogP contribution in [0.2, 0.25) is 0 Å². The number of hydrogen-bond donors (Lipinski definition) is 1. The summed E-state index contributed by atoms with van der Waals surface area (Å²) in [6.07, 6.45) is 7.26. The summed E-state index contributed by atoms with van der Waals surface area (Å²) in [5.41, 5.74) is -0.168. The van der Waals surface area contributed by atoms with Crippen LogP contribution >= 0.6 is 0 Å². The molecular weight excluding hydrogens is 196 g/mol. The zero-order valence-electron chi connectivity index (χ0n) is 11.4. The zero-order valence-corrected chi connectivity index (χ0v) is 11.4. The first kappa shape index (κ1) is 12.4. The molecule has 0 saturated heterocycles. The quantitative estimate of drug-likeness (QED) is 0.714. The Bertz CT molecular complexity index is 260. The third kappa shape index (κ3) is 1.72. The van der Waals surface area contributed by atoms with E-state index in [0.717, 1.165) is 12.3 Å². The van der Waals surface area contributed by atoms with Crippen LogP contribution in [-0.2, 0) is 0 Å². The summed E-state index contributed by atoms with van der Waals surface area (Å²) in [5.74, 6) is 1.96. The SMILES string of the molecule is CC1CC[C@@]2(C)CC[C@H](C(C)C)[C@@]2(O)CC1. The van der Waals surface area contributed by atoms with E-state index < -0.39 is 0 Å². The van der Waals surface area contributed by atoms with E-state index in [9.17, 15) is 5.11 Å². The maximum atomic E-state index is 11.2. The Labute approximate surface area is 101 Å². The third-order valence-corrected chi connectivity index (χ3v) is 5.68. The highest BCUT2D eigenvalue weighted by Crippen LogP contribution is 2.58. The van der Waals surface area contributed by atoms with Crippen LogP contribution in [0, 0.1) is 23.2 Å². The van der Waals surface area contributed by atoms with E-state index in [1.807, 2.05) is 0 Å². The van der Waals surface area contributed by atoms with Gasteiger partial charge in [0.15, 0.2) is 0 Å². The highest BCUT2D eigenvalue weighted by molar-refractivity contribution is 5.08. The molecule has 0 aromatic heterocycles. The molecule has 1 N–H and O–H groups in total. The van der Waals surface area contributed by atoms with E-state index in [4.69, 9.17) is 0 Å². The number of rotatable bonds is 1. The van der Waals surface area contributed by atoms with E-state index in [2.05, 4.69) is 27.7 Å². The van der Waals surface area contributed by atoms with Crippen molar-refractivity contribution in [3.05, 3.63) is 0 Å². The predicted octanol–water partition coefficient (Wildman–Crippen LogP) is 4.00. The van der Waals surface area contributed by atoms with Gasteiger partial charge in [-0.05, 0) is 55.3 Å². The summed E-state index contributed by atoms with van der Waals surface area (Å²) >= 11 is 0. The van der Waals surface area contributed by atoms with E-state index in [1.165, 1.54) is 32.1 Å². The average Bonchev–Trinajstić information content (AvgIpc) is 2.41. The van der Waals surface area contributed by atoms with Crippen molar-refractivity contribution >= 4 is 0 Å². The van der Waals surface area contributed by atoms with Gasteiger partial charge >= 0.3 is 0 Å². The first-order chi connectivity index (χ1) is 7.39. The van der Waals surface area contributed by atoms with Crippen molar-refractivity contribution in [2.45, 2.75) is 71.8 Å². The van der Waals surface area contributed by atoms with Gasteiger partial charge in [-0.1, -0.05) is 34.1 Å². The van der Waals surface area contributed by atoms with Crippen LogP contribution in [0.4, 0.5) is 0 Å². The highest BCUT2D eigenvalue weighted by Gasteiger charge is 2.57. The van der Waals surface area contributed by atoms with Crippen LogP contribution < -0.4 is 0 Å². The van der Waals surface area contributed by atoms with Gasteiger partial charge < -0.3 is 5.11 Å². The van der Waals surface area contributed by atoms with Crippen molar-refractivity contribution in [1.82, 2.24) is 0 Å². The normalized spacial score (nSPS) is 49.1. The summed E-state index contributed by atoms with van der Waals surface area (Å²) in [4.78, 5) is 0. The van der Waals surface area contributed by atoms with Gasteiger partial charge in [0, 0.05) is 0 Å². The van der Waals surface area contributed by atoms with Crippen molar-refractivity contribution in [1.29, 1.82) is 0 Å². The van der Waals surface area contributed by atoms with Crippen molar-refractivity contribution in [3.8, 4) is 0 Å². The fourth-order valence-electron chi connectivity index (χ4n) is 4.27. The maximum absolute atomic E-state index is 11.2. The molecule has 0 radical (unpaired) electrons. The third-order valence-electron chi connectivity index (χ3n) is 5.68. The van der Waals surface area contributed by atoms with Crippen molar-refractivity contribution in [3.63, 3.8) is 0 Å². The number of hydrogen-bond acceptors (Lipinski definition) is 1. The molecule has 0 bridgehead atoms. The molecular formula is C15H28O. The predicted molar refractivity (Wildman–Crippen MR) is 68.3 cm³/mol. The fraction of sp³-hybridized carbons (Fsp3) is 1.00. The van der Waals surface area contributed by atoms with Crippen molar-refractivity contribution in [2.24, 2.45) is 23.2 Å². The minimum absolute atomic E-state index is 0.201.